The Morgan fingerprint density at radius 3 is 1.74 bits per heavy atom. The van der Waals surface area contributed by atoms with E-state index in [1.54, 1.807) is 15.9 Å². The van der Waals surface area contributed by atoms with Crippen molar-refractivity contribution in [3.8, 4) is 0 Å². The molecule has 0 bridgehead atoms. The molecule has 8 nitrogen and oxygen atoms in total. The molecule has 10 rings (SSSR count). The Balaban J connectivity index is 0.000000150. The van der Waals surface area contributed by atoms with Crippen LogP contribution in [-0.2, 0) is 32.4 Å². The first-order chi connectivity index (χ1) is 28.2. The monoisotopic (exact) mass is 858 g/mol. The molecule has 0 saturated heterocycles. The first-order valence-electron chi connectivity index (χ1n) is 18.4. The average Bonchev–Trinajstić information content (AvgIpc) is 4.00. The van der Waals surface area contributed by atoms with Crippen molar-refractivity contribution in [1.29, 1.82) is 0 Å². The van der Waals surface area contributed by atoms with Gasteiger partial charge in [-0.3, -0.25) is 20.4 Å². The third-order valence-electron chi connectivity index (χ3n) is 10.4. The summed E-state index contributed by atoms with van der Waals surface area (Å²) < 4.78 is 0. The number of hydrogen-bond acceptors (Lipinski definition) is 8. The van der Waals surface area contributed by atoms with E-state index in [4.69, 9.17) is 34.8 Å². The van der Waals surface area contributed by atoms with Crippen LogP contribution in [0.5, 0.6) is 0 Å². The zero-order chi connectivity index (χ0) is 40.0. The summed E-state index contributed by atoms with van der Waals surface area (Å²) in [4.78, 5) is 28.9. The fraction of sp³-hybridized carbons (Fsp3) is 0.111. The van der Waals surface area contributed by atoms with Crippen molar-refractivity contribution >= 4 is 91.6 Å². The summed E-state index contributed by atoms with van der Waals surface area (Å²) in [5, 5.41) is 12.5. The lowest BCUT2D eigenvalue weighted by Crippen LogP contribution is -2.44. The van der Waals surface area contributed by atoms with Crippen LogP contribution in [0.2, 0.25) is 15.1 Å². The zero-order valence-electron chi connectivity index (χ0n) is 30.8. The van der Waals surface area contributed by atoms with Crippen LogP contribution in [0.25, 0.3) is 0 Å². The van der Waals surface area contributed by atoms with Crippen LogP contribution in [0.4, 0.5) is 11.4 Å². The predicted molar refractivity (Wildman–Crippen MR) is 239 cm³/mol. The zero-order valence-corrected chi connectivity index (χ0v) is 34.7. The van der Waals surface area contributed by atoms with Gasteiger partial charge in [-0.25, -0.2) is 0 Å². The molecule has 2 amide bonds. The number of nitrogens with one attached hydrogen (secondary N) is 2. The SMILES string of the molecule is Cc1ccccc1C1=NNC2(S1)C(=O)N(Cc1ccccc1Cl)c1ccccc12.O=C1N(Cc2ccccc2Cl)c2ccc(Cl)cc2C12NN=C(c1ccccc1)S2. The number of para-hydroxylation sites is 1. The van der Waals surface area contributed by atoms with Crippen LogP contribution in [0.1, 0.15) is 38.9 Å². The van der Waals surface area contributed by atoms with Gasteiger partial charge in [0.25, 0.3) is 11.8 Å². The molecule has 0 saturated carbocycles. The van der Waals surface area contributed by atoms with E-state index in [1.165, 1.54) is 23.5 Å². The van der Waals surface area contributed by atoms with Gasteiger partial charge in [-0.2, -0.15) is 10.2 Å². The lowest BCUT2D eigenvalue weighted by atomic mass is 10.1. The van der Waals surface area contributed by atoms with Crippen molar-refractivity contribution in [3.63, 3.8) is 0 Å². The van der Waals surface area contributed by atoms with E-state index in [2.05, 4.69) is 34.0 Å². The maximum Gasteiger partial charge on any atom is 0.270 e. The smallest absolute Gasteiger partial charge is 0.270 e. The van der Waals surface area contributed by atoms with Gasteiger partial charge in [0.15, 0.2) is 0 Å². The van der Waals surface area contributed by atoms with Crippen molar-refractivity contribution < 1.29 is 9.59 Å². The van der Waals surface area contributed by atoms with Crippen LogP contribution in [0.15, 0.2) is 156 Å². The molecular formula is C45H33Cl3N6O2S2. The first-order valence-corrected chi connectivity index (χ1v) is 21.1. The highest BCUT2D eigenvalue weighted by atomic mass is 35.5. The normalized spacial score (nSPS) is 20.0. The highest BCUT2D eigenvalue weighted by molar-refractivity contribution is 8.16. The van der Waals surface area contributed by atoms with Gasteiger partial charge < -0.3 is 9.80 Å². The predicted octanol–water partition coefficient (Wildman–Crippen LogP) is 10.4. The molecule has 58 heavy (non-hydrogen) atoms. The molecule has 4 aliphatic heterocycles. The van der Waals surface area contributed by atoms with Gasteiger partial charge in [0, 0.05) is 37.3 Å². The van der Waals surface area contributed by atoms with Crippen molar-refractivity contribution in [3.05, 3.63) is 200 Å². The molecule has 2 unspecified atom stereocenters. The molecule has 2 N–H and O–H groups in total. The van der Waals surface area contributed by atoms with Crippen molar-refractivity contribution in [2.24, 2.45) is 10.2 Å². The third-order valence-corrected chi connectivity index (χ3v) is 14.0. The van der Waals surface area contributed by atoms with Gasteiger partial charge in [-0.15, -0.1) is 0 Å². The number of thioether (sulfide) groups is 2. The van der Waals surface area contributed by atoms with E-state index in [0.717, 1.165) is 60.4 Å². The molecule has 6 aromatic carbocycles. The Labute approximate surface area is 359 Å². The van der Waals surface area contributed by atoms with E-state index < -0.39 is 9.74 Å². The molecular weight excluding hydrogens is 827 g/mol. The number of aryl methyl sites for hydroxylation is 1. The van der Waals surface area contributed by atoms with Gasteiger partial charge >= 0.3 is 0 Å². The van der Waals surface area contributed by atoms with E-state index in [1.807, 2.05) is 133 Å². The molecule has 0 aromatic heterocycles. The number of halogens is 3. The fourth-order valence-corrected chi connectivity index (χ4v) is 10.5. The summed E-state index contributed by atoms with van der Waals surface area (Å²) in [5.74, 6) is -0.120. The number of hydrogen-bond donors (Lipinski definition) is 2. The fourth-order valence-electron chi connectivity index (χ4n) is 7.46. The summed E-state index contributed by atoms with van der Waals surface area (Å²) in [6, 6.07) is 46.5. The largest absolute Gasteiger partial charge is 0.304 e. The number of carbonyl (C=O) groups is 2. The van der Waals surface area contributed by atoms with Crippen LogP contribution in [0, 0.1) is 6.92 Å². The first kappa shape index (κ1) is 38.3. The summed E-state index contributed by atoms with van der Waals surface area (Å²) in [6.45, 7) is 2.84. The van der Waals surface area contributed by atoms with E-state index in [-0.39, 0.29) is 11.8 Å². The number of rotatable bonds is 6. The molecule has 13 heteroatoms. The summed E-state index contributed by atoms with van der Waals surface area (Å²) in [6.07, 6.45) is 0. The molecule has 0 radical (unpaired) electrons. The highest BCUT2D eigenvalue weighted by Gasteiger charge is 2.56. The molecule has 4 heterocycles. The Morgan fingerprint density at radius 1 is 0.569 bits per heavy atom. The van der Waals surface area contributed by atoms with Gasteiger partial charge in [-0.05, 0) is 60.0 Å². The van der Waals surface area contributed by atoms with Crippen LogP contribution in [0.3, 0.4) is 0 Å². The number of amides is 2. The van der Waals surface area contributed by atoms with Gasteiger partial charge in [0.1, 0.15) is 10.1 Å². The maximum absolute atomic E-state index is 13.7. The quantitative estimate of drug-likeness (QED) is 0.173. The minimum absolute atomic E-state index is 0.0315. The number of hydrazone groups is 2. The van der Waals surface area contributed by atoms with Gasteiger partial charge in [0.05, 0.1) is 24.5 Å². The summed E-state index contributed by atoms with van der Waals surface area (Å²) in [5.41, 5.74) is 14.6. The van der Waals surface area contributed by atoms with E-state index in [0.29, 0.717) is 28.2 Å². The lowest BCUT2D eigenvalue weighted by molar-refractivity contribution is -0.121. The standard InChI is InChI=1S/C23H18ClN3OS.C22H15Cl2N3OS/c1-15-8-2-4-10-17(15)21-25-26-23(29-21)18-11-5-7-13-20(18)27(22(23)28)14-16-9-3-6-12-19(16)24;23-16-10-11-19-17(12-16)22(26-25-20(29-22)14-6-2-1-3-7-14)21(28)27(19)13-15-8-4-5-9-18(15)24/h2-13,26H,14H2,1H3;1-12,26H,13H2. The number of nitrogens with zero attached hydrogens (tertiary/aromatic N) is 4. The van der Waals surface area contributed by atoms with Crippen molar-refractivity contribution in [1.82, 2.24) is 10.9 Å². The second-order valence-electron chi connectivity index (χ2n) is 13.9. The Kier molecular flexibility index (Phi) is 10.2. The van der Waals surface area contributed by atoms with Gasteiger partial charge in [0.2, 0.25) is 9.74 Å². The Bertz CT molecular complexity index is 2680. The second kappa shape index (κ2) is 15.5. The number of fused-ring (bicyclic) bond motifs is 4. The summed E-state index contributed by atoms with van der Waals surface area (Å²) >= 11 is 21.9. The Morgan fingerprint density at radius 2 is 1.09 bits per heavy atom. The van der Waals surface area contributed by atoms with Crippen molar-refractivity contribution in [2.75, 3.05) is 9.80 Å². The maximum atomic E-state index is 13.7. The molecule has 4 aliphatic rings. The van der Waals surface area contributed by atoms with Crippen LogP contribution < -0.4 is 20.7 Å². The van der Waals surface area contributed by atoms with Crippen molar-refractivity contribution in [2.45, 2.75) is 29.8 Å². The number of benzene rings is 6. The summed E-state index contributed by atoms with van der Waals surface area (Å²) in [7, 11) is 0. The molecule has 2 spiro atoms. The minimum Gasteiger partial charge on any atom is -0.304 e. The molecule has 0 aliphatic carbocycles. The van der Waals surface area contributed by atoms with Gasteiger partial charge in [-0.1, -0.05) is 168 Å². The highest BCUT2D eigenvalue weighted by Crippen LogP contribution is 2.53. The molecule has 288 valence electrons. The van der Waals surface area contributed by atoms with Crippen LogP contribution in [-0.4, -0.2) is 21.9 Å². The third kappa shape index (κ3) is 6.63. The van der Waals surface area contributed by atoms with E-state index in [9.17, 15) is 9.59 Å². The number of carbonyl (C=O) groups excluding carboxylic acids is 2. The molecule has 2 atom stereocenters. The topological polar surface area (TPSA) is 89.4 Å². The molecule has 6 aromatic rings. The van der Waals surface area contributed by atoms with E-state index >= 15 is 0 Å². The number of anilines is 2. The van der Waals surface area contributed by atoms with Crippen LogP contribution >= 0.6 is 58.3 Å². The minimum atomic E-state index is -1.04. The second-order valence-corrected chi connectivity index (χ2v) is 17.6. The average molecular weight is 860 g/mol. The lowest BCUT2D eigenvalue weighted by Gasteiger charge is -2.23. The Hall–Kier alpha value is -5.23. The molecule has 0 fully saturated rings.